The Kier molecular flexibility index (Phi) is 5.22. The smallest absolute Gasteiger partial charge is 0.277 e. The number of aliphatic hydroxyl groups is 1. The first-order valence-corrected chi connectivity index (χ1v) is 10.9. The molecular formula is C25H25N4O4+. The van der Waals surface area contributed by atoms with Crippen molar-refractivity contribution >= 4 is 16.9 Å². The molecule has 0 radical (unpaired) electrons. The number of aryl methyl sites for hydroxylation is 1. The average Bonchev–Trinajstić information content (AvgIpc) is 3.26. The summed E-state index contributed by atoms with van der Waals surface area (Å²) in [5.74, 6) is 1.29. The zero-order chi connectivity index (χ0) is 23.1. The summed E-state index contributed by atoms with van der Waals surface area (Å²) in [6.45, 7) is 3.18. The molecule has 1 unspecified atom stereocenters. The number of imidazole rings is 1. The van der Waals surface area contributed by atoms with E-state index in [0.717, 1.165) is 21.6 Å². The third-order valence-electron chi connectivity index (χ3n) is 6.27. The van der Waals surface area contributed by atoms with Gasteiger partial charge < -0.3 is 15.1 Å². The molecule has 3 heterocycles. The second-order valence-corrected chi connectivity index (χ2v) is 8.01. The van der Waals surface area contributed by atoms with E-state index in [2.05, 4.69) is 4.57 Å². The Morgan fingerprint density at radius 2 is 1.88 bits per heavy atom. The van der Waals surface area contributed by atoms with Gasteiger partial charge in [0, 0.05) is 29.3 Å². The highest BCUT2D eigenvalue weighted by Crippen LogP contribution is 2.33. The van der Waals surface area contributed by atoms with Crippen LogP contribution in [0.25, 0.3) is 11.0 Å². The minimum absolute atomic E-state index is 0.186. The third-order valence-corrected chi connectivity index (χ3v) is 6.27. The van der Waals surface area contributed by atoms with Crippen LogP contribution >= 0.6 is 0 Å². The number of methoxy groups -OCH3 is 1. The Labute approximate surface area is 191 Å². The normalized spacial score (nSPS) is 15.3. The van der Waals surface area contributed by atoms with Crippen molar-refractivity contribution in [3.05, 3.63) is 94.7 Å². The van der Waals surface area contributed by atoms with Crippen LogP contribution in [0.3, 0.4) is 0 Å². The van der Waals surface area contributed by atoms with Crippen molar-refractivity contribution in [3.63, 3.8) is 0 Å². The maximum Gasteiger partial charge on any atom is 0.277 e. The fourth-order valence-corrected chi connectivity index (χ4v) is 4.61. The first-order valence-electron chi connectivity index (χ1n) is 10.9. The van der Waals surface area contributed by atoms with Crippen molar-refractivity contribution < 1.29 is 23.9 Å². The molecular weight excluding hydrogens is 420 g/mol. The molecule has 0 saturated heterocycles. The van der Waals surface area contributed by atoms with Crippen LogP contribution in [-0.2, 0) is 19.6 Å². The van der Waals surface area contributed by atoms with Gasteiger partial charge in [0.15, 0.2) is 30.0 Å². The number of aliphatic hydroxyl groups excluding tert-OH is 1. The van der Waals surface area contributed by atoms with Gasteiger partial charge in [-0.2, -0.15) is 4.73 Å². The van der Waals surface area contributed by atoms with Crippen molar-refractivity contribution in [2.24, 2.45) is 0 Å². The standard InChI is InChI=1S/C25H25N4O4/c1-3-26-21-12-11-18(33-2)14-22(21)27(15-17-8-6-7-13-29(17)32)23(26)16-28-24(30)19-9-4-5-10-20(19)25(28)31/h4-14,24,30H,3,15-16H2,1-2H3/q+1. The first-order chi connectivity index (χ1) is 16.0. The lowest BCUT2D eigenvalue weighted by Gasteiger charge is -2.19. The second-order valence-electron chi connectivity index (χ2n) is 8.01. The lowest BCUT2D eigenvalue weighted by atomic mass is 10.1. The fraction of sp³-hybridized carbons (Fsp3) is 0.240. The predicted octanol–water partition coefficient (Wildman–Crippen LogP) is 2.29. The number of amides is 1. The number of ether oxygens (including phenoxy) is 1. The maximum absolute atomic E-state index is 13.1. The van der Waals surface area contributed by atoms with Crippen LogP contribution in [0.15, 0.2) is 66.9 Å². The van der Waals surface area contributed by atoms with E-state index in [0.29, 0.717) is 35.7 Å². The molecule has 8 heteroatoms. The molecule has 2 aromatic heterocycles. The van der Waals surface area contributed by atoms with Crippen LogP contribution < -0.4 is 14.0 Å². The Bertz CT molecular complexity index is 1360. The Balaban J connectivity index is 1.66. The third kappa shape index (κ3) is 3.39. The molecule has 1 N–H and O–H groups in total. The van der Waals surface area contributed by atoms with Crippen molar-refractivity contribution in [2.75, 3.05) is 7.11 Å². The van der Waals surface area contributed by atoms with E-state index in [-0.39, 0.29) is 12.5 Å². The molecule has 168 valence electrons. The molecule has 1 atom stereocenters. The molecule has 1 aliphatic rings. The Hall–Kier alpha value is -3.91. The number of hydrogen-bond acceptors (Lipinski definition) is 4. The van der Waals surface area contributed by atoms with Gasteiger partial charge in [0.05, 0.1) is 13.7 Å². The molecule has 0 saturated carbocycles. The minimum atomic E-state index is -1.03. The van der Waals surface area contributed by atoms with E-state index < -0.39 is 6.23 Å². The van der Waals surface area contributed by atoms with Crippen LogP contribution in [-0.4, -0.2) is 27.6 Å². The lowest BCUT2D eigenvalue weighted by Crippen LogP contribution is -2.42. The number of carbonyl (C=O) groups is 1. The zero-order valence-corrected chi connectivity index (χ0v) is 18.5. The number of pyridine rings is 1. The molecule has 0 bridgehead atoms. The van der Waals surface area contributed by atoms with E-state index in [4.69, 9.17) is 4.74 Å². The number of rotatable bonds is 6. The second kappa shape index (κ2) is 8.22. The van der Waals surface area contributed by atoms with Crippen LogP contribution in [0, 0.1) is 5.21 Å². The summed E-state index contributed by atoms with van der Waals surface area (Å²) >= 11 is 0. The Morgan fingerprint density at radius 3 is 2.61 bits per heavy atom. The summed E-state index contributed by atoms with van der Waals surface area (Å²) in [7, 11) is 1.61. The van der Waals surface area contributed by atoms with Crippen LogP contribution in [0.4, 0.5) is 0 Å². The van der Waals surface area contributed by atoms with E-state index in [9.17, 15) is 15.1 Å². The molecule has 2 aromatic carbocycles. The predicted molar refractivity (Wildman–Crippen MR) is 120 cm³/mol. The van der Waals surface area contributed by atoms with Crippen molar-refractivity contribution in [3.8, 4) is 5.75 Å². The summed E-state index contributed by atoms with van der Waals surface area (Å²) in [4.78, 5) is 14.6. The van der Waals surface area contributed by atoms with Crippen molar-refractivity contribution in [1.82, 2.24) is 9.47 Å². The van der Waals surface area contributed by atoms with Gasteiger partial charge in [-0.05, 0) is 31.2 Å². The molecule has 4 aromatic rings. The van der Waals surface area contributed by atoms with Crippen LogP contribution in [0.1, 0.15) is 40.6 Å². The highest BCUT2D eigenvalue weighted by molar-refractivity contribution is 5.98. The molecule has 8 nitrogen and oxygen atoms in total. The quantitative estimate of drug-likeness (QED) is 0.365. The number of aromatic nitrogens is 3. The highest BCUT2D eigenvalue weighted by Gasteiger charge is 2.39. The van der Waals surface area contributed by atoms with E-state index in [1.165, 1.54) is 11.1 Å². The SMILES string of the molecule is CC[n+]1c(CN2C(=O)c3ccccc3C2O)n(Cc2cccc[n+]2[O-])c2cc(OC)ccc21. The van der Waals surface area contributed by atoms with Gasteiger partial charge in [-0.1, -0.05) is 18.2 Å². The summed E-state index contributed by atoms with van der Waals surface area (Å²) in [6.07, 6.45) is 0.445. The van der Waals surface area contributed by atoms with Gasteiger partial charge >= 0.3 is 0 Å². The molecule has 0 spiro atoms. The fourth-order valence-electron chi connectivity index (χ4n) is 4.61. The topological polar surface area (TPSA) is 85.5 Å². The van der Waals surface area contributed by atoms with Gasteiger partial charge in [0.1, 0.15) is 12.3 Å². The highest BCUT2D eigenvalue weighted by atomic mass is 16.5. The number of carbonyl (C=O) groups excluding carboxylic acids is 1. The minimum Gasteiger partial charge on any atom is -0.618 e. The molecule has 1 amide bonds. The zero-order valence-electron chi connectivity index (χ0n) is 18.5. The largest absolute Gasteiger partial charge is 0.618 e. The summed E-state index contributed by atoms with van der Waals surface area (Å²) < 4.78 is 10.4. The number of benzene rings is 2. The Morgan fingerprint density at radius 1 is 1.09 bits per heavy atom. The molecule has 0 fully saturated rings. The molecule has 33 heavy (non-hydrogen) atoms. The van der Waals surface area contributed by atoms with E-state index >= 15 is 0 Å². The lowest BCUT2D eigenvalue weighted by molar-refractivity contribution is -0.677. The van der Waals surface area contributed by atoms with E-state index in [1.807, 2.05) is 41.8 Å². The van der Waals surface area contributed by atoms with Gasteiger partial charge in [0.2, 0.25) is 5.69 Å². The van der Waals surface area contributed by atoms with Crippen LogP contribution in [0.2, 0.25) is 0 Å². The average molecular weight is 445 g/mol. The van der Waals surface area contributed by atoms with Crippen molar-refractivity contribution in [1.29, 1.82) is 0 Å². The number of fused-ring (bicyclic) bond motifs is 2. The van der Waals surface area contributed by atoms with Gasteiger partial charge in [-0.15, -0.1) is 0 Å². The van der Waals surface area contributed by atoms with Gasteiger partial charge in [-0.3, -0.25) is 9.69 Å². The first kappa shape index (κ1) is 21.0. The van der Waals surface area contributed by atoms with Gasteiger partial charge in [-0.25, -0.2) is 9.13 Å². The molecule has 1 aliphatic heterocycles. The van der Waals surface area contributed by atoms with E-state index in [1.54, 1.807) is 37.4 Å². The van der Waals surface area contributed by atoms with Gasteiger partial charge in [0.25, 0.3) is 11.7 Å². The number of nitrogens with zero attached hydrogens (tertiary/aromatic N) is 4. The summed E-state index contributed by atoms with van der Waals surface area (Å²) in [5, 5.41) is 23.4. The monoisotopic (exact) mass is 445 g/mol. The van der Waals surface area contributed by atoms with Crippen LogP contribution in [0.5, 0.6) is 5.75 Å². The summed E-state index contributed by atoms with van der Waals surface area (Å²) in [6, 6.07) is 18.2. The van der Waals surface area contributed by atoms with Crippen molar-refractivity contribution in [2.45, 2.75) is 32.8 Å². The molecule has 5 rings (SSSR count). The number of hydrogen-bond donors (Lipinski definition) is 1. The maximum atomic E-state index is 13.1. The molecule has 0 aliphatic carbocycles. The summed E-state index contributed by atoms with van der Waals surface area (Å²) in [5.41, 5.74) is 3.53.